The van der Waals surface area contributed by atoms with Gasteiger partial charge in [-0.2, -0.15) is 0 Å². The van der Waals surface area contributed by atoms with E-state index in [1.54, 1.807) is 6.26 Å². The van der Waals surface area contributed by atoms with E-state index in [-0.39, 0.29) is 0 Å². The summed E-state index contributed by atoms with van der Waals surface area (Å²) >= 11 is 1.52. The number of aromatic nitrogens is 2. The predicted molar refractivity (Wildman–Crippen MR) is 45.5 cm³/mol. The minimum atomic E-state index is 0.467. The van der Waals surface area contributed by atoms with Crippen molar-refractivity contribution < 1.29 is 4.42 Å². The van der Waals surface area contributed by atoms with E-state index in [0.29, 0.717) is 6.54 Å². The van der Waals surface area contributed by atoms with Crippen LogP contribution in [0.25, 0.3) is 10.7 Å². The highest BCUT2D eigenvalue weighted by molar-refractivity contribution is 7.13. The van der Waals surface area contributed by atoms with Crippen LogP contribution in [0.5, 0.6) is 0 Å². The van der Waals surface area contributed by atoms with Crippen LogP contribution in [0.3, 0.4) is 0 Å². The van der Waals surface area contributed by atoms with E-state index in [0.717, 1.165) is 16.4 Å². The molecule has 2 aromatic heterocycles. The lowest BCUT2D eigenvalue weighted by Crippen LogP contribution is -1.95. The van der Waals surface area contributed by atoms with Gasteiger partial charge in [0, 0.05) is 11.9 Å². The Morgan fingerprint density at radius 3 is 3.08 bits per heavy atom. The molecule has 0 aliphatic rings. The number of hydrogen-bond acceptors (Lipinski definition) is 5. The molecule has 0 aliphatic heterocycles. The Kier molecular flexibility index (Phi) is 1.89. The molecule has 0 spiro atoms. The van der Waals surface area contributed by atoms with Gasteiger partial charge in [-0.3, -0.25) is 0 Å². The molecule has 12 heavy (non-hydrogen) atoms. The molecule has 0 bridgehead atoms. The van der Waals surface area contributed by atoms with Gasteiger partial charge in [-0.1, -0.05) is 0 Å². The SMILES string of the molecule is NCc1csc(-c2cocn2)n1. The topological polar surface area (TPSA) is 64.9 Å². The molecule has 0 aliphatic carbocycles. The number of nitrogens with zero attached hydrogens (tertiary/aromatic N) is 2. The highest BCUT2D eigenvalue weighted by Gasteiger charge is 2.05. The quantitative estimate of drug-likeness (QED) is 0.757. The summed E-state index contributed by atoms with van der Waals surface area (Å²) in [5.41, 5.74) is 7.07. The largest absolute Gasteiger partial charge is 0.451 e. The van der Waals surface area contributed by atoms with E-state index < -0.39 is 0 Å². The van der Waals surface area contributed by atoms with Gasteiger partial charge >= 0.3 is 0 Å². The molecule has 0 amide bonds. The lowest BCUT2D eigenvalue weighted by atomic mass is 10.5. The first-order valence-corrected chi connectivity index (χ1v) is 4.31. The van der Waals surface area contributed by atoms with Crippen LogP contribution in [0.4, 0.5) is 0 Å². The lowest BCUT2D eigenvalue weighted by Gasteiger charge is -1.84. The van der Waals surface area contributed by atoms with E-state index in [2.05, 4.69) is 9.97 Å². The van der Waals surface area contributed by atoms with Crippen molar-refractivity contribution in [3.05, 3.63) is 23.7 Å². The van der Waals surface area contributed by atoms with Gasteiger partial charge in [0.15, 0.2) is 6.39 Å². The number of thiazole rings is 1. The van der Waals surface area contributed by atoms with E-state index in [9.17, 15) is 0 Å². The van der Waals surface area contributed by atoms with Crippen molar-refractivity contribution in [2.24, 2.45) is 5.73 Å². The fourth-order valence-corrected chi connectivity index (χ4v) is 1.62. The molecule has 5 heteroatoms. The molecule has 0 radical (unpaired) electrons. The molecule has 2 N–H and O–H groups in total. The van der Waals surface area contributed by atoms with Gasteiger partial charge in [0.05, 0.1) is 5.69 Å². The molecule has 0 atom stereocenters. The van der Waals surface area contributed by atoms with Crippen LogP contribution < -0.4 is 5.73 Å². The minimum absolute atomic E-state index is 0.467. The van der Waals surface area contributed by atoms with Crippen LogP contribution >= 0.6 is 11.3 Å². The first kappa shape index (κ1) is 7.45. The fourth-order valence-electron chi connectivity index (χ4n) is 0.837. The first-order chi connectivity index (χ1) is 5.90. The third kappa shape index (κ3) is 1.24. The van der Waals surface area contributed by atoms with E-state index in [1.807, 2.05) is 5.38 Å². The monoisotopic (exact) mass is 181 g/mol. The predicted octanol–water partition coefficient (Wildman–Crippen LogP) is 1.26. The minimum Gasteiger partial charge on any atom is -0.451 e. The number of nitrogens with two attached hydrogens (primary N) is 1. The van der Waals surface area contributed by atoms with Crippen LogP contribution in [0.15, 0.2) is 22.5 Å². The van der Waals surface area contributed by atoms with Gasteiger partial charge in [-0.15, -0.1) is 11.3 Å². The van der Waals surface area contributed by atoms with E-state index >= 15 is 0 Å². The summed E-state index contributed by atoms with van der Waals surface area (Å²) in [5.74, 6) is 0. The molecule has 0 saturated heterocycles. The lowest BCUT2D eigenvalue weighted by molar-refractivity contribution is 0.558. The van der Waals surface area contributed by atoms with Crippen molar-refractivity contribution in [2.75, 3.05) is 0 Å². The van der Waals surface area contributed by atoms with Crippen molar-refractivity contribution in [3.8, 4) is 10.7 Å². The Morgan fingerprint density at radius 1 is 1.58 bits per heavy atom. The first-order valence-electron chi connectivity index (χ1n) is 3.43. The Labute approximate surface area is 73.1 Å². The molecule has 0 saturated carbocycles. The molecular formula is C7H7N3OS. The summed E-state index contributed by atoms with van der Waals surface area (Å²) in [7, 11) is 0. The Morgan fingerprint density at radius 2 is 2.50 bits per heavy atom. The molecule has 4 nitrogen and oxygen atoms in total. The maximum atomic E-state index is 5.42. The number of rotatable bonds is 2. The maximum Gasteiger partial charge on any atom is 0.181 e. The smallest absolute Gasteiger partial charge is 0.181 e. The van der Waals surface area contributed by atoms with E-state index in [4.69, 9.17) is 10.2 Å². The molecule has 0 aromatic carbocycles. The second-order valence-corrected chi connectivity index (χ2v) is 3.08. The molecule has 2 heterocycles. The Balaban J connectivity index is 2.35. The third-order valence-electron chi connectivity index (χ3n) is 1.41. The molecule has 2 aromatic rings. The van der Waals surface area contributed by atoms with Crippen molar-refractivity contribution in [1.29, 1.82) is 0 Å². The molecule has 2 rings (SSSR count). The standard InChI is InChI=1S/C7H7N3OS/c8-1-5-3-12-7(10-5)6-2-11-4-9-6/h2-4H,1,8H2. The van der Waals surface area contributed by atoms with Gasteiger partial charge in [0.1, 0.15) is 17.0 Å². The normalized spacial score (nSPS) is 10.4. The fraction of sp³-hybridized carbons (Fsp3) is 0.143. The Hall–Kier alpha value is -1.20. The average Bonchev–Trinajstić information content (AvgIpc) is 2.75. The van der Waals surface area contributed by atoms with Gasteiger partial charge < -0.3 is 10.2 Å². The molecular weight excluding hydrogens is 174 g/mol. The van der Waals surface area contributed by atoms with Crippen LogP contribution in [-0.4, -0.2) is 9.97 Å². The zero-order chi connectivity index (χ0) is 8.39. The third-order valence-corrected chi connectivity index (χ3v) is 2.33. The van der Waals surface area contributed by atoms with Crippen LogP contribution in [0.2, 0.25) is 0 Å². The summed E-state index contributed by atoms with van der Waals surface area (Å²) in [4.78, 5) is 8.22. The van der Waals surface area contributed by atoms with Crippen LogP contribution in [0.1, 0.15) is 5.69 Å². The highest BCUT2D eigenvalue weighted by atomic mass is 32.1. The summed E-state index contributed by atoms with van der Waals surface area (Å²) in [6.45, 7) is 0.467. The van der Waals surface area contributed by atoms with Crippen molar-refractivity contribution >= 4 is 11.3 Å². The summed E-state index contributed by atoms with van der Waals surface area (Å²) in [6.07, 6.45) is 2.96. The zero-order valence-electron chi connectivity index (χ0n) is 6.23. The van der Waals surface area contributed by atoms with Gasteiger partial charge in [0.2, 0.25) is 0 Å². The van der Waals surface area contributed by atoms with Gasteiger partial charge in [-0.05, 0) is 0 Å². The molecule has 0 unspecified atom stereocenters. The van der Waals surface area contributed by atoms with E-state index in [1.165, 1.54) is 17.7 Å². The Bertz CT molecular complexity index is 354. The zero-order valence-corrected chi connectivity index (χ0v) is 7.04. The highest BCUT2D eigenvalue weighted by Crippen LogP contribution is 2.21. The number of oxazole rings is 1. The molecule has 0 fully saturated rings. The molecule has 62 valence electrons. The number of hydrogen-bond donors (Lipinski definition) is 1. The van der Waals surface area contributed by atoms with Crippen LogP contribution in [0, 0.1) is 0 Å². The summed E-state index contributed by atoms with van der Waals surface area (Å²) < 4.78 is 4.84. The summed E-state index contributed by atoms with van der Waals surface area (Å²) in [6, 6.07) is 0. The average molecular weight is 181 g/mol. The summed E-state index contributed by atoms with van der Waals surface area (Å²) in [5, 5.41) is 2.77. The second-order valence-electron chi connectivity index (χ2n) is 2.22. The maximum absolute atomic E-state index is 5.42. The van der Waals surface area contributed by atoms with Crippen molar-refractivity contribution in [3.63, 3.8) is 0 Å². The van der Waals surface area contributed by atoms with Gasteiger partial charge in [-0.25, -0.2) is 9.97 Å². The van der Waals surface area contributed by atoms with Crippen LogP contribution in [-0.2, 0) is 6.54 Å². The van der Waals surface area contributed by atoms with Crippen molar-refractivity contribution in [2.45, 2.75) is 6.54 Å². The second kappa shape index (κ2) is 3.04. The van der Waals surface area contributed by atoms with Gasteiger partial charge in [0.25, 0.3) is 0 Å². The van der Waals surface area contributed by atoms with Crippen molar-refractivity contribution in [1.82, 2.24) is 9.97 Å².